The summed E-state index contributed by atoms with van der Waals surface area (Å²) in [6.07, 6.45) is -10.2. The smallest absolute Gasteiger partial charge is 0.453 e. The van der Waals surface area contributed by atoms with E-state index in [0.717, 1.165) is 13.1 Å². The van der Waals surface area contributed by atoms with Crippen LogP contribution in [-0.2, 0) is 6.18 Å². The van der Waals surface area contributed by atoms with Crippen LogP contribution in [0.1, 0.15) is 18.3 Å². The molecule has 0 aliphatic carbocycles. The maximum absolute atomic E-state index is 13.0. The third-order valence-corrected chi connectivity index (χ3v) is 3.61. The lowest BCUT2D eigenvalue weighted by Gasteiger charge is -2.16. The minimum atomic E-state index is -4.75. The number of ether oxygens (including phenoxy) is 1. The summed E-state index contributed by atoms with van der Waals surface area (Å²) < 4.78 is 81.7. The summed E-state index contributed by atoms with van der Waals surface area (Å²) >= 11 is 0. The van der Waals surface area contributed by atoms with Gasteiger partial charge in [0.25, 0.3) is 5.82 Å². The second kappa shape index (κ2) is 6.35. The molecule has 0 fully saturated rings. The number of pyridine rings is 1. The lowest BCUT2D eigenvalue weighted by Crippen LogP contribution is -2.31. The number of hydrogen-bond acceptors (Lipinski definition) is 5. The molecule has 0 aromatic carbocycles. The predicted octanol–water partition coefficient (Wildman–Crippen LogP) is 3.84. The third kappa shape index (κ3) is 3.78. The van der Waals surface area contributed by atoms with Crippen molar-refractivity contribution in [3.05, 3.63) is 35.8 Å². The molecule has 3 aromatic heterocycles. The highest BCUT2D eigenvalue weighted by Gasteiger charge is 2.39. The van der Waals surface area contributed by atoms with E-state index in [0.29, 0.717) is 15.6 Å². The fourth-order valence-electron chi connectivity index (χ4n) is 2.22. The summed E-state index contributed by atoms with van der Waals surface area (Å²) in [6.45, 7) is 2.43. The molecule has 1 atom stereocenters. The van der Waals surface area contributed by atoms with E-state index in [1.165, 1.54) is 18.2 Å². The fourth-order valence-corrected chi connectivity index (χ4v) is 2.22. The third-order valence-electron chi connectivity index (χ3n) is 3.61. The largest absolute Gasteiger partial charge is 0.465 e. The Balaban J connectivity index is 1.96. The predicted molar refractivity (Wildman–Crippen MR) is 79.9 cm³/mol. The summed E-state index contributed by atoms with van der Waals surface area (Å²) in [5, 5.41) is 10.4. The average molecular weight is 391 g/mol. The first kappa shape index (κ1) is 18.9. The number of aromatic nitrogens is 5. The van der Waals surface area contributed by atoms with E-state index in [1.807, 2.05) is 0 Å². The first-order valence-electron chi connectivity index (χ1n) is 7.47. The Morgan fingerprint density at radius 2 is 1.78 bits per heavy atom. The van der Waals surface area contributed by atoms with Gasteiger partial charge in [-0.25, -0.2) is 4.98 Å². The number of fused-ring (bicyclic) bond motifs is 1. The second-order valence-corrected chi connectivity index (χ2v) is 5.65. The standard InChI is InChI=1S/C15H11F6N5O/c1-7-5-10-23-24-13(15(19,20)21)26(10)25-12(7)9-3-4-11(22-6-9)27-8(2)14(16,17)18/h3-6,8H,1-2H3. The molecule has 0 spiro atoms. The van der Waals surface area contributed by atoms with Crippen molar-refractivity contribution in [2.45, 2.75) is 32.3 Å². The molecule has 3 heterocycles. The van der Waals surface area contributed by atoms with E-state index in [9.17, 15) is 26.3 Å². The van der Waals surface area contributed by atoms with Crippen molar-refractivity contribution >= 4 is 5.65 Å². The van der Waals surface area contributed by atoms with Gasteiger partial charge < -0.3 is 4.74 Å². The quantitative estimate of drug-likeness (QED) is 0.635. The molecule has 0 amide bonds. The molecule has 0 saturated heterocycles. The maximum atomic E-state index is 13.0. The first-order chi connectivity index (χ1) is 12.5. The molecule has 0 aliphatic rings. The van der Waals surface area contributed by atoms with Crippen LogP contribution in [0.15, 0.2) is 24.4 Å². The number of aryl methyl sites for hydroxylation is 1. The molecular formula is C15H11F6N5O. The van der Waals surface area contributed by atoms with Gasteiger partial charge in [0.05, 0.1) is 5.69 Å². The number of nitrogens with zero attached hydrogens (tertiary/aromatic N) is 5. The minimum absolute atomic E-state index is 0.0875. The summed E-state index contributed by atoms with van der Waals surface area (Å²) in [5.74, 6) is -1.56. The zero-order valence-corrected chi connectivity index (χ0v) is 13.8. The molecule has 0 saturated carbocycles. The minimum Gasteiger partial charge on any atom is -0.465 e. The molecule has 0 radical (unpaired) electrons. The van der Waals surface area contributed by atoms with Crippen molar-refractivity contribution in [1.29, 1.82) is 0 Å². The van der Waals surface area contributed by atoms with Crippen LogP contribution in [-0.4, -0.2) is 37.1 Å². The maximum Gasteiger partial charge on any atom is 0.453 e. The van der Waals surface area contributed by atoms with Gasteiger partial charge in [-0.05, 0) is 31.5 Å². The molecule has 6 nitrogen and oxygen atoms in total. The van der Waals surface area contributed by atoms with Gasteiger partial charge in [-0.3, -0.25) is 0 Å². The molecular weight excluding hydrogens is 380 g/mol. The Morgan fingerprint density at radius 3 is 2.33 bits per heavy atom. The number of hydrogen-bond donors (Lipinski definition) is 0. The Kier molecular flexibility index (Phi) is 4.44. The highest BCUT2D eigenvalue weighted by molar-refractivity contribution is 5.64. The van der Waals surface area contributed by atoms with Crippen LogP contribution in [0.4, 0.5) is 26.3 Å². The van der Waals surface area contributed by atoms with E-state index < -0.39 is 24.3 Å². The summed E-state index contributed by atoms with van der Waals surface area (Å²) in [5.41, 5.74) is 0.845. The fraction of sp³-hybridized carbons (Fsp3) is 0.333. The molecule has 1 unspecified atom stereocenters. The normalized spacial score (nSPS) is 13.8. The zero-order valence-electron chi connectivity index (χ0n) is 13.8. The average Bonchev–Trinajstić information content (AvgIpc) is 2.97. The number of alkyl halides is 6. The molecule has 0 N–H and O–H groups in total. The van der Waals surface area contributed by atoms with Gasteiger partial charge in [0.15, 0.2) is 11.8 Å². The molecule has 27 heavy (non-hydrogen) atoms. The summed E-state index contributed by atoms with van der Waals surface area (Å²) in [6, 6.07) is 3.89. The molecule has 0 bridgehead atoms. The van der Waals surface area contributed by atoms with Gasteiger partial charge in [-0.15, -0.1) is 10.2 Å². The van der Waals surface area contributed by atoms with Crippen LogP contribution in [0.25, 0.3) is 16.9 Å². The van der Waals surface area contributed by atoms with Gasteiger partial charge >= 0.3 is 12.4 Å². The van der Waals surface area contributed by atoms with E-state index in [4.69, 9.17) is 4.74 Å². The Bertz CT molecular complexity index is 964. The van der Waals surface area contributed by atoms with Crippen LogP contribution < -0.4 is 4.74 Å². The Labute approximate surface area is 147 Å². The number of halogens is 6. The lowest BCUT2D eigenvalue weighted by molar-refractivity contribution is -0.189. The van der Waals surface area contributed by atoms with Gasteiger partial charge in [-0.1, -0.05) is 0 Å². The summed E-state index contributed by atoms with van der Waals surface area (Å²) in [4.78, 5) is 3.76. The topological polar surface area (TPSA) is 65.2 Å². The van der Waals surface area contributed by atoms with Crippen LogP contribution in [0, 0.1) is 6.92 Å². The van der Waals surface area contributed by atoms with Crippen molar-refractivity contribution in [3.63, 3.8) is 0 Å². The van der Waals surface area contributed by atoms with E-state index in [2.05, 4.69) is 20.3 Å². The molecule has 0 aliphatic heterocycles. The van der Waals surface area contributed by atoms with Gasteiger partial charge in [-0.2, -0.15) is 36.0 Å². The van der Waals surface area contributed by atoms with E-state index >= 15 is 0 Å². The van der Waals surface area contributed by atoms with Crippen molar-refractivity contribution < 1.29 is 31.1 Å². The molecule has 3 rings (SSSR count). The number of rotatable bonds is 3. The molecule has 144 valence electrons. The van der Waals surface area contributed by atoms with Gasteiger partial charge in [0, 0.05) is 17.8 Å². The summed E-state index contributed by atoms with van der Waals surface area (Å²) in [7, 11) is 0. The second-order valence-electron chi connectivity index (χ2n) is 5.65. The van der Waals surface area contributed by atoms with Crippen molar-refractivity contribution in [1.82, 2.24) is 24.8 Å². The van der Waals surface area contributed by atoms with Crippen molar-refractivity contribution in [3.8, 4) is 17.1 Å². The van der Waals surface area contributed by atoms with Crippen molar-refractivity contribution in [2.24, 2.45) is 0 Å². The Morgan fingerprint density at radius 1 is 1.07 bits per heavy atom. The highest BCUT2D eigenvalue weighted by Crippen LogP contribution is 2.30. The van der Waals surface area contributed by atoms with Crippen LogP contribution in [0.3, 0.4) is 0 Å². The van der Waals surface area contributed by atoms with Gasteiger partial charge in [0.1, 0.15) is 0 Å². The SMILES string of the molecule is Cc1cc2nnc(C(F)(F)F)n2nc1-c1ccc(OC(C)C(F)(F)F)nc1. The van der Waals surface area contributed by atoms with Gasteiger partial charge in [0.2, 0.25) is 5.88 Å². The Hall–Kier alpha value is -2.92. The van der Waals surface area contributed by atoms with E-state index in [1.54, 1.807) is 6.92 Å². The van der Waals surface area contributed by atoms with Crippen LogP contribution in [0.5, 0.6) is 5.88 Å². The van der Waals surface area contributed by atoms with Crippen LogP contribution in [0.2, 0.25) is 0 Å². The lowest BCUT2D eigenvalue weighted by atomic mass is 10.1. The zero-order chi connectivity index (χ0) is 20.0. The van der Waals surface area contributed by atoms with E-state index in [-0.39, 0.29) is 17.2 Å². The molecule has 12 heteroatoms. The van der Waals surface area contributed by atoms with Crippen LogP contribution >= 0.6 is 0 Å². The van der Waals surface area contributed by atoms with Crippen molar-refractivity contribution in [2.75, 3.05) is 0 Å². The first-order valence-corrected chi connectivity index (χ1v) is 7.47. The molecule has 3 aromatic rings. The monoisotopic (exact) mass is 391 g/mol. The highest BCUT2D eigenvalue weighted by atomic mass is 19.4.